The third kappa shape index (κ3) is 5.42. The van der Waals surface area contributed by atoms with Crippen molar-refractivity contribution in [2.45, 2.75) is 51.4 Å². The first-order valence-corrected chi connectivity index (χ1v) is 7.85. The van der Waals surface area contributed by atoms with Gasteiger partial charge < -0.3 is 0 Å². The number of nitrogens with zero attached hydrogens (tertiary/aromatic N) is 2. The molecule has 0 bridgehead atoms. The third-order valence-electron chi connectivity index (χ3n) is 4.13. The van der Waals surface area contributed by atoms with Gasteiger partial charge in [-0.15, -0.1) is 0 Å². The van der Waals surface area contributed by atoms with Crippen molar-refractivity contribution in [2.75, 3.05) is 39.3 Å². The van der Waals surface area contributed by atoms with Crippen molar-refractivity contribution in [3.63, 3.8) is 0 Å². The van der Waals surface area contributed by atoms with Gasteiger partial charge in [0.15, 0.2) is 0 Å². The maximum atomic E-state index is 3.38. The van der Waals surface area contributed by atoms with E-state index in [4.69, 9.17) is 0 Å². The zero-order chi connectivity index (χ0) is 12.5. The van der Waals surface area contributed by atoms with E-state index in [0.29, 0.717) is 0 Å². The van der Waals surface area contributed by atoms with Crippen LogP contribution in [0.3, 0.4) is 0 Å². The van der Waals surface area contributed by atoms with E-state index in [0.717, 1.165) is 13.1 Å². The van der Waals surface area contributed by atoms with E-state index in [1.165, 1.54) is 77.5 Å². The molecule has 2 saturated heterocycles. The van der Waals surface area contributed by atoms with E-state index in [1.807, 2.05) is 0 Å². The number of hydrogen-bond acceptors (Lipinski definition) is 2. The van der Waals surface area contributed by atoms with E-state index < -0.39 is 0 Å². The Morgan fingerprint density at radius 1 is 0.500 bits per heavy atom. The van der Waals surface area contributed by atoms with Crippen LogP contribution in [0.15, 0.2) is 0 Å². The van der Waals surface area contributed by atoms with Gasteiger partial charge in [0.2, 0.25) is 0 Å². The Bertz CT molecular complexity index is 235. The molecule has 0 N–H and O–H groups in total. The van der Waals surface area contributed by atoms with Crippen molar-refractivity contribution in [3.05, 3.63) is 0 Å². The van der Waals surface area contributed by atoms with E-state index in [1.54, 1.807) is 0 Å². The summed E-state index contributed by atoms with van der Waals surface area (Å²) in [5.74, 6) is 6.77. The molecule has 2 aliphatic heterocycles. The van der Waals surface area contributed by atoms with Gasteiger partial charge >= 0.3 is 0 Å². The minimum atomic E-state index is 0.994. The van der Waals surface area contributed by atoms with Gasteiger partial charge in [0.25, 0.3) is 0 Å². The van der Waals surface area contributed by atoms with E-state index in [9.17, 15) is 0 Å². The molecule has 0 aromatic rings. The Labute approximate surface area is 113 Å². The molecule has 2 heteroatoms. The van der Waals surface area contributed by atoms with Crippen LogP contribution >= 0.6 is 0 Å². The molecule has 0 atom stereocenters. The second kappa shape index (κ2) is 8.56. The van der Waals surface area contributed by atoms with Crippen LogP contribution in [-0.2, 0) is 0 Å². The molecule has 0 saturated carbocycles. The predicted molar refractivity (Wildman–Crippen MR) is 77.6 cm³/mol. The van der Waals surface area contributed by atoms with Crippen LogP contribution in [0.2, 0.25) is 0 Å². The molecule has 2 aliphatic rings. The van der Waals surface area contributed by atoms with Crippen molar-refractivity contribution in [2.24, 2.45) is 0 Å². The quantitative estimate of drug-likeness (QED) is 0.693. The molecular weight excluding hydrogens is 220 g/mol. The Morgan fingerprint density at radius 3 is 1.17 bits per heavy atom. The summed E-state index contributed by atoms with van der Waals surface area (Å²) in [6, 6.07) is 0. The van der Waals surface area contributed by atoms with E-state index in [-0.39, 0.29) is 0 Å². The van der Waals surface area contributed by atoms with E-state index in [2.05, 4.69) is 21.6 Å². The molecule has 0 aromatic carbocycles. The number of likely N-dealkylation sites (tertiary alicyclic amines) is 2. The standard InChI is InChI=1S/C16H28N2/c1-2-6-12-17(11-5-1)15-9-10-16-18-13-7-3-4-8-14-18/h1-8,11-16H2. The topological polar surface area (TPSA) is 6.48 Å². The average molecular weight is 248 g/mol. The highest BCUT2D eigenvalue weighted by molar-refractivity contribution is 5.03. The Kier molecular flexibility index (Phi) is 6.61. The largest absolute Gasteiger partial charge is 0.292 e. The van der Waals surface area contributed by atoms with Crippen molar-refractivity contribution >= 4 is 0 Å². The smallest absolute Gasteiger partial charge is 0.0602 e. The minimum Gasteiger partial charge on any atom is -0.292 e. The lowest BCUT2D eigenvalue weighted by atomic mass is 10.2. The van der Waals surface area contributed by atoms with Gasteiger partial charge in [-0.05, 0) is 51.9 Å². The summed E-state index contributed by atoms with van der Waals surface area (Å²) in [5, 5.41) is 0. The van der Waals surface area contributed by atoms with Crippen LogP contribution in [0.5, 0.6) is 0 Å². The lowest BCUT2D eigenvalue weighted by molar-refractivity contribution is 0.315. The first-order chi connectivity index (χ1) is 8.95. The fourth-order valence-electron chi connectivity index (χ4n) is 2.92. The van der Waals surface area contributed by atoms with Crippen LogP contribution in [0.1, 0.15) is 51.4 Å². The summed E-state index contributed by atoms with van der Waals surface area (Å²) >= 11 is 0. The molecule has 0 unspecified atom stereocenters. The Balaban J connectivity index is 1.64. The summed E-state index contributed by atoms with van der Waals surface area (Å²) in [4.78, 5) is 5.06. The molecule has 2 rings (SSSR count). The molecule has 0 aromatic heterocycles. The van der Waals surface area contributed by atoms with Crippen LogP contribution in [0.4, 0.5) is 0 Å². The molecular formula is C16H28N2. The van der Waals surface area contributed by atoms with E-state index >= 15 is 0 Å². The highest BCUT2D eigenvalue weighted by atomic mass is 15.1. The predicted octanol–water partition coefficient (Wildman–Crippen LogP) is 2.74. The van der Waals surface area contributed by atoms with Crippen LogP contribution < -0.4 is 0 Å². The molecule has 102 valence electrons. The highest BCUT2D eigenvalue weighted by Gasteiger charge is 2.08. The monoisotopic (exact) mass is 248 g/mol. The molecule has 0 spiro atoms. The second-order valence-electron chi connectivity index (χ2n) is 5.73. The number of hydrogen-bond donors (Lipinski definition) is 0. The maximum absolute atomic E-state index is 3.38. The third-order valence-corrected chi connectivity index (χ3v) is 4.13. The molecule has 2 fully saturated rings. The maximum Gasteiger partial charge on any atom is 0.0602 e. The van der Waals surface area contributed by atoms with Gasteiger partial charge in [-0.25, -0.2) is 0 Å². The van der Waals surface area contributed by atoms with Crippen molar-refractivity contribution < 1.29 is 0 Å². The molecule has 0 aliphatic carbocycles. The van der Waals surface area contributed by atoms with Crippen LogP contribution in [0, 0.1) is 11.8 Å². The molecule has 2 nitrogen and oxygen atoms in total. The van der Waals surface area contributed by atoms with Gasteiger partial charge in [-0.2, -0.15) is 0 Å². The van der Waals surface area contributed by atoms with Gasteiger partial charge in [-0.3, -0.25) is 9.80 Å². The van der Waals surface area contributed by atoms with Gasteiger partial charge in [0.1, 0.15) is 0 Å². The summed E-state index contributed by atoms with van der Waals surface area (Å²) in [6.07, 6.45) is 11.1. The highest BCUT2D eigenvalue weighted by Crippen LogP contribution is 2.09. The summed E-state index contributed by atoms with van der Waals surface area (Å²) in [6.45, 7) is 7.04. The summed E-state index contributed by atoms with van der Waals surface area (Å²) < 4.78 is 0. The zero-order valence-electron chi connectivity index (χ0n) is 11.8. The van der Waals surface area contributed by atoms with Gasteiger partial charge in [0.05, 0.1) is 13.1 Å². The molecule has 0 amide bonds. The SMILES string of the molecule is C(#CCN1CCCCCC1)CN1CCCCCC1. The normalized spacial score (nSPS) is 23.8. The van der Waals surface area contributed by atoms with Crippen molar-refractivity contribution in [3.8, 4) is 11.8 Å². The minimum absolute atomic E-state index is 0.994. The van der Waals surface area contributed by atoms with Crippen LogP contribution in [0.25, 0.3) is 0 Å². The summed E-state index contributed by atoms with van der Waals surface area (Å²) in [5.41, 5.74) is 0. The number of rotatable bonds is 2. The lowest BCUT2D eigenvalue weighted by Crippen LogP contribution is -2.26. The van der Waals surface area contributed by atoms with Gasteiger partial charge in [0, 0.05) is 0 Å². The lowest BCUT2D eigenvalue weighted by Gasteiger charge is -2.17. The van der Waals surface area contributed by atoms with Crippen molar-refractivity contribution in [1.82, 2.24) is 9.80 Å². The summed E-state index contributed by atoms with van der Waals surface area (Å²) in [7, 11) is 0. The van der Waals surface area contributed by atoms with Crippen LogP contribution in [-0.4, -0.2) is 49.1 Å². The Hall–Kier alpha value is -0.520. The zero-order valence-corrected chi connectivity index (χ0v) is 11.8. The Morgan fingerprint density at radius 2 is 0.833 bits per heavy atom. The molecule has 2 heterocycles. The van der Waals surface area contributed by atoms with Crippen molar-refractivity contribution in [1.29, 1.82) is 0 Å². The first kappa shape index (κ1) is 13.9. The molecule has 18 heavy (non-hydrogen) atoms. The second-order valence-corrected chi connectivity index (χ2v) is 5.73. The van der Waals surface area contributed by atoms with Gasteiger partial charge in [-0.1, -0.05) is 37.5 Å². The molecule has 0 radical (unpaired) electrons. The first-order valence-electron chi connectivity index (χ1n) is 7.85. The fraction of sp³-hybridized carbons (Fsp3) is 0.875. The average Bonchev–Trinajstić information content (AvgIpc) is 2.79. The fourth-order valence-corrected chi connectivity index (χ4v) is 2.92.